The van der Waals surface area contributed by atoms with Crippen molar-refractivity contribution >= 4 is 29.3 Å². The Hall–Kier alpha value is -4.81. The molecule has 0 radical (unpaired) electrons. The molecule has 1 atom stereocenters. The monoisotopic (exact) mass is 654 g/mol. The third-order valence-electron chi connectivity index (χ3n) is 7.29. The van der Waals surface area contributed by atoms with Gasteiger partial charge in [-0.1, -0.05) is 20.8 Å². The normalized spacial score (nSPS) is 14.2. The summed E-state index contributed by atoms with van der Waals surface area (Å²) >= 11 is 0. The summed E-state index contributed by atoms with van der Waals surface area (Å²) < 4.78 is 43.3. The molecule has 47 heavy (non-hydrogen) atoms. The number of hydrogen-bond donors (Lipinski definition) is 3. The second kappa shape index (κ2) is 16.7. The van der Waals surface area contributed by atoms with E-state index < -0.39 is 17.9 Å². The second-order valence-corrected chi connectivity index (χ2v) is 10.7. The highest BCUT2D eigenvalue weighted by Crippen LogP contribution is 2.37. The molecular formula is C32H41F3N10O2. The number of carbonyl (C=O) groups excluding carboxylic acids is 2. The van der Waals surface area contributed by atoms with E-state index in [0.29, 0.717) is 30.0 Å². The number of anilines is 2. The van der Waals surface area contributed by atoms with E-state index in [1.165, 1.54) is 48.9 Å². The smallest absolute Gasteiger partial charge is 0.343 e. The van der Waals surface area contributed by atoms with Crippen molar-refractivity contribution in [3.05, 3.63) is 59.8 Å². The van der Waals surface area contributed by atoms with Gasteiger partial charge in [0.15, 0.2) is 17.2 Å². The van der Waals surface area contributed by atoms with E-state index in [1.807, 2.05) is 20.8 Å². The molecule has 3 aromatic heterocycles. The quantitative estimate of drug-likeness (QED) is 0.226. The van der Waals surface area contributed by atoms with Gasteiger partial charge in [-0.15, -0.1) is 0 Å². The number of likely N-dealkylation sites (tertiary alicyclic amines) is 1. The van der Waals surface area contributed by atoms with Crippen molar-refractivity contribution in [2.75, 3.05) is 25.5 Å². The molecule has 252 valence electrons. The van der Waals surface area contributed by atoms with E-state index in [9.17, 15) is 22.8 Å². The van der Waals surface area contributed by atoms with Gasteiger partial charge in [0.2, 0.25) is 0 Å². The van der Waals surface area contributed by atoms with Crippen LogP contribution in [-0.4, -0.2) is 73.5 Å². The first-order valence-corrected chi connectivity index (χ1v) is 15.4. The predicted molar refractivity (Wildman–Crippen MR) is 173 cm³/mol. The van der Waals surface area contributed by atoms with Crippen LogP contribution >= 0.6 is 0 Å². The van der Waals surface area contributed by atoms with Gasteiger partial charge in [0.25, 0.3) is 5.91 Å². The Labute approximate surface area is 271 Å². The van der Waals surface area contributed by atoms with Crippen molar-refractivity contribution in [3.8, 4) is 17.3 Å². The Kier molecular flexibility index (Phi) is 13.0. The number of carbonyl (C=O) groups is 2. The summed E-state index contributed by atoms with van der Waals surface area (Å²) in [6, 6.07) is 6.65. The van der Waals surface area contributed by atoms with Crippen molar-refractivity contribution in [1.82, 2.24) is 34.4 Å². The SMILES string of the molecule is CC.CCc1cc(Nc2nccn3c(-c4cn(CC#N)nc4C(F)(F)F)cnc23)ccc1C(=O)NC(C)C=O.CN1CCC(N)CC1. The lowest BCUT2D eigenvalue weighted by Gasteiger charge is -2.25. The van der Waals surface area contributed by atoms with Crippen LogP contribution in [0.25, 0.3) is 16.9 Å². The lowest BCUT2D eigenvalue weighted by molar-refractivity contribution is -0.141. The minimum absolute atomic E-state index is 0.127. The van der Waals surface area contributed by atoms with Gasteiger partial charge in [0, 0.05) is 35.9 Å². The highest BCUT2D eigenvalue weighted by atomic mass is 19.4. The zero-order chi connectivity index (χ0) is 34.7. The molecule has 4 N–H and O–H groups in total. The van der Waals surface area contributed by atoms with Crippen molar-refractivity contribution in [1.29, 1.82) is 5.26 Å². The lowest BCUT2D eigenvalue weighted by atomic mass is 10.0. The number of imidazole rings is 1. The number of fused-ring (bicyclic) bond motifs is 1. The zero-order valence-electron chi connectivity index (χ0n) is 27.2. The summed E-state index contributed by atoms with van der Waals surface area (Å²) in [6.07, 6.45) is 4.12. The van der Waals surface area contributed by atoms with Crippen molar-refractivity contribution in [3.63, 3.8) is 0 Å². The van der Waals surface area contributed by atoms with Gasteiger partial charge in [0.1, 0.15) is 12.8 Å². The third-order valence-corrected chi connectivity index (χ3v) is 7.29. The topological polar surface area (TPSA) is 159 Å². The maximum atomic E-state index is 13.7. The van der Waals surface area contributed by atoms with Crippen LogP contribution in [0.5, 0.6) is 0 Å². The molecule has 1 amide bonds. The van der Waals surface area contributed by atoms with Crippen LogP contribution in [0.4, 0.5) is 24.7 Å². The molecule has 0 saturated carbocycles. The molecule has 5 rings (SSSR count). The molecule has 0 aliphatic carbocycles. The Balaban J connectivity index is 0.000000518. The van der Waals surface area contributed by atoms with Crippen LogP contribution in [0.1, 0.15) is 62.2 Å². The number of halogens is 3. The van der Waals surface area contributed by atoms with Gasteiger partial charge in [-0.25, -0.2) is 9.97 Å². The van der Waals surface area contributed by atoms with Crippen LogP contribution in [0.2, 0.25) is 0 Å². The van der Waals surface area contributed by atoms with Crippen molar-refractivity contribution in [2.24, 2.45) is 5.73 Å². The predicted octanol–water partition coefficient (Wildman–Crippen LogP) is 4.82. The van der Waals surface area contributed by atoms with Crippen LogP contribution in [0.15, 0.2) is 43.0 Å². The van der Waals surface area contributed by atoms with Gasteiger partial charge < -0.3 is 26.1 Å². The molecule has 4 heterocycles. The molecule has 12 nitrogen and oxygen atoms in total. The number of nitrogens with one attached hydrogen (secondary N) is 2. The number of aldehydes is 1. The second-order valence-electron chi connectivity index (χ2n) is 10.7. The highest BCUT2D eigenvalue weighted by molar-refractivity contribution is 5.97. The summed E-state index contributed by atoms with van der Waals surface area (Å²) in [6.45, 7) is 9.48. The fourth-order valence-corrected chi connectivity index (χ4v) is 4.85. The van der Waals surface area contributed by atoms with Gasteiger partial charge in [-0.2, -0.15) is 23.5 Å². The van der Waals surface area contributed by atoms with Gasteiger partial charge >= 0.3 is 6.18 Å². The number of hydrogen-bond acceptors (Lipinski definition) is 9. The van der Waals surface area contributed by atoms with E-state index in [1.54, 1.807) is 31.2 Å². The highest BCUT2D eigenvalue weighted by Gasteiger charge is 2.38. The summed E-state index contributed by atoms with van der Waals surface area (Å²) in [5.74, 6) is -0.0981. The first-order valence-electron chi connectivity index (χ1n) is 15.4. The van der Waals surface area contributed by atoms with Crippen LogP contribution in [0.3, 0.4) is 0 Å². The number of piperidine rings is 1. The van der Waals surface area contributed by atoms with E-state index >= 15 is 0 Å². The number of benzene rings is 1. The minimum atomic E-state index is -4.73. The van der Waals surface area contributed by atoms with Crippen LogP contribution < -0.4 is 16.4 Å². The fourth-order valence-electron chi connectivity index (χ4n) is 4.85. The van der Waals surface area contributed by atoms with E-state index in [-0.39, 0.29) is 35.2 Å². The van der Waals surface area contributed by atoms with E-state index in [4.69, 9.17) is 11.0 Å². The molecule has 1 aromatic carbocycles. The molecule has 0 bridgehead atoms. The molecular weight excluding hydrogens is 613 g/mol. The Morgan fingerprint density at radius 3 is 2.53 bits per heavy atom. The maximum Gasteiger partial charge on any atom is 0.435 e. The molecule has 1 aliphatic heterocycles. The maximum absolute atomic E-state index is 13.7. The lowest BCUT2D eigenvalue weighted by Crippen LogP contribution is -2.37. The largest absolute Gasteiger partial charge is 0.435 e. The van der Waals surface area contributed by atoms with Crippen molar-refractivity contribution in [2.45, 2.75) is 71.8 Å². The molecule has 4 aromatic rings. The van der Waals surface area contributed by atoms with Crippen molar-refractivity contribution < 1.29 is 22.8 Å². The third kappa shape index (κ3) is 9.36. The number of nitrogens with zero attached hydrogens (tertiary/aromatic N) is 7. The first-order chi connectivity index (χ1) is 22.4. The number of nitrogens with two attached hydrogens (primary N) is 1. The van der Waals surface area contributed by atoms with Gasteiger partial charge in [-0.3, -0.25) is 13.9 Å². The number of alkyl halides is 3. The Bertz CT molecular complexity index is 1670. The number of aromatic nitrogens is 5. The van der Waals surface area contributed by atoms with E-state index in [2.05, 4.69) is 37.6 Å². The number of aryl methyl sites for hydroxylation is 1. The Morgan fingerprint density at radius 2 is 1.94 bits per heavy atom. The zero-order valence-corrected chi connectivity index (χ0v) is 27.2. The molecule has 1 saturated heterocycles. The Morgan fingerprint density at radius 1 is 1.23 bits per heavy atom. The van der Waals surface area contributed by atoms with Gasteiger partial charge in [-0.05, 0) is 70.1 Å². The number of amides is 1. The summed E-state index contributed by atoms with van der Waals surface area (Å²) in [5, 5.41) is 18.1. The fraction of sp³-hybridized carbons (Fsp3) is 0.438. The number of rotatable bonds is 8. The molecule has 0 spiro atoms. The van der Waals surface area contributed by atoms with Crippen LogP contribution in [-0.2, 0) is 23.9 Å². The first kappa shape index (κ1) is 36.7. The summed E-state index contributed by atoms with van der Waals surface area (Å²) in [5.41, 5.74) is 6.44. The average Bonchev–Trinajstić information content (AvgIpc) is 3.69. The molecule has 1 fully saturated rings. The summed E-state index contributed by atoms with van der Waals surface area (Å²) in [4.78, 5) is 34.2. The van der Waals surface area contributed by atoms with E-state index in [0.717, 1.165) is 16.4 Å². The molecule has 1 aliphatic rings. The number of nitriles is 1. The standard InChI is InChI=1S/C24H21F3N8O2.C6H14N2.C2H6/c1-3-15-10-16(4-5-17(15)23(37)31-14(2)13-36)32-21-22-30-11-19(35(22)9-7-29-21)18-12-34(8-6-28)33-20(18)24(25,26)27;1-8-4-2-6(7)3-5-8;1-2/h4-5,7,9-14H,3,8H2,1-2H3,(H,29,32)(H,31,37);6H,2-5,7H2,1H3;1-2H3. The summed E-state index contributed by atoms with van der Waals surface area (Å²) in [7, 11) is 2.14. The van der Waals surface area contributed by atoms with Crippen LogP contribution in [0, 0.1) is 11.3 Å². The minimum Gasteiger partial charge on any atom is -0.343 e. The molecule has 15 heteroatoms. The molecule has 1 unspecified atom stereocenters. The van der Waals surface area contributed by atoms with Gasteiger partial charge in [0.05, 0.1) is 29.6 Å². The average molecular weight is 655 g/mol.